The van der Waals surface area contributed by atoms with Crippen LogP contribution in [0.3, 0.4) is 0 Å². The predicted octanol–water partition coefficient (Wildman–Crippen LogP) is 1.08. The van der Waals surface area contributed by atoms with Crippen LogP contribution in [0.1, 0.15) is 33.1 Å². The second-order valence-corrected chi connectivity index (χ2v) is 5.33. The summed E-state index contributed by atoms with van der Waals surface area (Å²) in [7, 11) is 0. The van der Waals surface area contributed by atoms with Gasteiger partial charge < -0.3 is 10.2 Å². The van der Waals surface area contributed by atoms with E-state index < -0.39 is 5.54 Å². The van der Waals surface area contributed by atoms with Crippen LogP contribution in [-0.2, 0) is 9.59 Å². The maximum atomic E-state index is 12.5. The van der Waals surface area contributed by atoms with E-state index in [1.807, 2.05) is 13.8 Å². The molecule has 0 spiro atoms. The van der Waals surface area contributed by atoms with E-state index in [1.54, 1.807) is 11.0 Å². The summed E-state index contributed by atoms with van der Waals surface area (Å²) in [6.45, 7) is 7.68. The number of amides is 2. The van der Waals surface area contributed by atoms with Crippen LogP contribution in [0.25, 0.3) is 0 Å². The fourth-order valence-electron chi connectivity index (χ4n) is 2.57. The molecule has 1 saturated heterocycles. The molecule has 2 atom stereocenters. The van der Waals surface area contributed by atoms with Gasteiger partial charge in [0.25, 0.3) is 0 Å². The minimum absolute atomic E-state index is 0.0455. The highest BCUT2D eigenvalue weighted by Gasteiger charge is 2.53. The third-order valence-corrected chi connectivity index (χ3v) is 3.85. The average Bonchev–Trinajstić information content (AvgIpc) is 3.07. The Bertz CT molecular complexity index is 362. The molecule has 1 saturated carbocycles. The minimum atomic E-state index is -0.676. The fourth-order valence-corrected chi connectivity index (χ4v) is 2.57. The first kappa shape index (κ1) is 12.1. The molecular weight excluding hydrogens is 216 g/mol. The highest BCUT2D eigenvalue weighted by Crippen LogP contribution is 2.41. The summed E-state index contributed by atoms with van der Waals surface area (Å²) in [6, 6.07) is 0.0455. The van der Waals surface area contributed by atoms with Crippen molar-refractivity contribution in [1.82, 2.24) is 10.2 Å². The third-order valence-electron chi connectivity index (χ3n) is 3.85. The van der Waals surface area contributed by atoms with Crippen molar-refractivity contribution in [2.24, 2.45) is 5.92 Å². The van der Waals surface area contributed by atoms with Crippen LogP contribution in [0.5, 0.6) is 0 Å². The summed E-state index contributed by atoms with van der Waals surface area (Å²) < 4.78 is 0. The molecule has 0 radical (unpaired) electrons. The number of rotatable bonds is 4. The van der Waals surface area contributed by atoms with Crippen molar-refractivity contribution in [3.63, 3.8) is 0 Å². The van der Waals surface area contributed by atoms with Crippen LogP contribution in [0.15, 0.2) is 12.7 Å². The van der Waals surface area contributed by atoms with E-state index in [4.69, 9.17) is 0 Å². The summed E-state index contributed by atoms with van der Waals surface area (Å²) >= 11 is 0. The number of nitrogens with zero attached hydrogens (tertiary/aromatic N) is 1. The lowest BCUT2D eigenvalue weighted by atomic mass is 9.90. The smallest absolute Gasteiger partial charge is 0.249 e. The van der Waals surface area contributed by atoms with E-state index in [1.165, 1.54) is 0 Å². The first-order valence-electron chi connectivity index (χ1n) is 6.22. The minimum Gasteiger partial charge on any atom is -0.340 e. The van der Waals surface area contributed by atoms with Crippen molar-refractivity contribution in [1.29, 1.82) is 0 Å². The van der Waals surface area contributed by atoms with E-state index >= 15 is 0 Å². The second kappa shape index (κ2) is 4.17. The van der Waals surface area contributed by atoms with Crippen LogP contribution in [0.4, 0.5) is 0 Å². The van der Waals surface area contributed by atoms with Gasteiger partial charge in [0.1, 0.15) is 5.54 Å². The van der Waals surface area contributed by atoms with Crippen molar-refractivity contribution in [2.45, 2.75) is 44.7 Å². The SMILES string of the molecule is C=CCC(C)N1CC(=O)NC(C)(C2CC2)C1=O. The van der Waals surface area contributed by atoms with Gasteiger partial charge >= 0.3 is 0 Å². The van der Waals surface area contributed by atoms with Gasteiger partial charge in [0.05, 0.1) is 6.54 Å². The molecule has 94 valence electrons. The maximum Gasteiger partial charge on any atom is 0.249 e. The Balaban J connectivity index is 2.19. The molecule has 0 aromatic rings. The third kappa shape index (κ3) is 2.08. The van der Waals surface area contributed by atoms with Crippen molar-refractivity contribution in [2.75, 3.05) is 6.54 Å². The van der Waals surface area contributed by atoms with Gasteiger partial charge in [0.15, 0.2) is 0 Å². The number of piperazine rings is 1. The Morgan fingerprint density at radius 2 is 2.24 bits per heavy atom. The normalized spacial score (nSPS) is 31.1. The zero-order valence-corrected chi connectivity index (χ0v) is 10.5. The molecule has 0 aromatic carbocycles. The monoisotopic (exact) mass is 236 g/mol. The Kier molecular flexibility index (Phi) is 2.98. The number of carbonyl (C=O) groups excluding carboxylic acids is 2. The van der Waals surface area contributed by atoms with Gasteiger partial charge in [0.2, 0.25) is 11.8 Å². The molecule has 1 heterocycles. The van der Waals surface area contributed by atoms with Gasteiger partial charge in [-0.25, -0.2) is 0 Å². The van der Waals surface area contributed by atoms with E-state index in [0.29, 0.717) is 5.92 Å². The molecular formula is C13H20N2O2. The molecule has 2 amide bonds. The van der Waals surface area contributed by atoms with Gasteiger partial charge in [-0.15, -0.1) is 6.58 Å². The van der Waals surface area contributed by atoms with Crippen LogP contribution < -0.4 is 5.32 Å². The molecule has 1 aliphatic carbocycles. The zero-order chi connectivity index (χ0) is 12.6. The molecule has 2 aliphatic rings. The van der Waals surface area contributed by atoms with Gasteiger partial charge in [-0.1, -0.05) is 6.08 Å². The largest absolute Gasteiger partial charge is 0.340 e. The molecule has 0 bridgehead atoms. The van der Waals surface area contributed by atoms with Gasteiger partial charge in [-0.3, -0.25) is 9.59 Å². The number of nitrogens with one attached hydrogen (secondary N) is 1. The molecule has 4 nitrogen and oxygen atoms in total. The maximum absolute atomic E-state index is 12.5. The van der Waals surface area contributed by atoms with Gasteiger partial charge in [-0.2, -0.15) is 0 Å². The Hall–Kier alpha value is -1.32. The van der Waals surface area contributed by atoms with Crippen LogP contribution in [0, 0.1) is 5.92 Å². The Morgan fingerprint density at radius 1 is 1.59 bits per heavy atom. The quantitative estimate of drug-likeness (QED) is 0.742. The molecule has 17 heavy (non-hydrogen) atoms. The average molecular weight is 236 g/mol. The first-order chi connectivity index (χ1) is 7.99. The molecule has 0 aromatic heterocycles. The van der Waals surface area contributed by atoms with Crippen molar-refractivity contribution >= 4 is 11.8 Å². The molecule has 2 rings (SSSR count). The first-order valence-corrected chi connectivity index (χ1v) is 6.22. The van der Waals surface area contributed by atoms with Gasteiger partial charge in [-0.05, 0) is 39.0 Å². The summed E-state index contributed by atoms with van der Waals surface area (Å²) in [5.41, 5.74) is -0.676. The molecule has 4 heteroatoms. The van der Waals surface area contributed by atoms with Gasteiger partial charge in [0, 0.05) is 6.04 Å². The highest BCUT2D eigenvalue weighted by atomic mass is 16.2. The zero-order valence-electron chi connectivity index (χ0n) is 10.5. The topological polar surface area (TPSA) is 49.4 Å². The van der Waals surface area contributed by atoms with Crippen molar-refractivity contribution in [3.8, 4) is 0 Å². The summed E-state index contributed by atoms with van der Waals surface area (Å²) in [4.78, 5) is 25.9. The van der Waals surface area contributed by atoms with Crippen LogP contribution in [0.2, 0.25) is 0 Å². The van der Waals surface area contributed by atoms with E-state index in [0.717, 1.165) is 19.3 Å². The summed E-state index contributed by atoms with van der Waals surface area (Å²) in [6.07, 6.45) is 4.58. The second-order valence-electron chi connectivity index (χ2n) is 5.33. The van der Waals surface area contributed by atoms with Crippen molar-refractivity contribution < 1.29 is 9.59 Å². The lowest BCUT2D eigenvalue weighted by molar-refractivity contribution is -0.152. The summed E-state index contributed by atoms with van der Waals surface area (Å²) in [5, 5.41) is 2.88. The number of hydrogen-bond acceptors (Lipinski definition) is 2. The standard InChI is InChI=1S/C13H20N2O2/c1-4-5-9(2)15-8-11(16)14-13(3,12(15)17)10-6-7-10/h4,9-10H,1,5-8H2,2-3H3,(H,14,16). The predicted molar refractivity (Wildman–Crippen MR) is 65.3 cm³/mol. The molecule has 2 unspecified atom stereocenters. The van der Waals surface area contributed by atoms with E-state index in [2.05, 4.69) is 11.9 Å². The van der Waals surface area contributed by atoms with Crippen LogP contribution in [-0.4, -0.2) is 34.8 Å². The fraction of sp³-hybridized carbons (Fsp3) is 0.692. The Morgan fingerprint density at radius 3 is 2.76 bits per heavy atom. The van der Waals surface area contributed by atoms with Crippen molar-refractivity contribution in [3.05, 3.63) is 12.7 Å². The molecule has 1 N–H and O–H groups in total. The molecule has 2 fully saturated rings. The Labute approximate surface area is 102 Å². The van der Waals surface area contributed by atoms with E-state index in [-0.39, 0.29) is 24.4 Å². The number of hydrogen-bond donors (Lipinski definition) is 1. The van der Waals surface area contributed by atoms with E-state index in [9.17, 15) is 9.59 Å². The van der Waals surface area contributed by atoms with Crippen LogP contribution >= 0.6 is 0 Å². The highest BCUT2D eigenvalue weighted by molar-refractivity contribution is 5.98. The molecule has 1 aliphatic heterocycles. The lowest BCUT2D eigenvalue weighted by Gasteiger charge is -2.42. The lowest BCUT2D eigenvalue weighted by Crippen LogP contribution is -2.67. The summed E-state index contributed by atoms with van der Waals surface area (Å²) in [5.74, 6) is 0.335. The number of carbonyl (C=O) groups is 2.